The molecule has 8 nitrogen and oxygen atoms in total. The van der Waals surface area contributed by atoms with Crippen LogP contribution in [0, 0.1) is 0 Å². The van der Waals surface area contributed by atoms with Crippen molar-refractivity contribution in [1.29, 1.82) is 0 Å². The average Bonchev–Trinajstić information content (AvgIpc) is 3.14. The first-order chi connectivity index (χ1) is 15.8. The number of carbonyl (C=O) groups is 1. The number of nitrogens with two attached hydrogens (primary N) is 1. The summed E-state index contributed by atoms with van der Waals surface area (Å²) >= 11 is 3.33. The Labute approximate surface area is 201 Å². The Balaban J connectivity index is 1.99. The first-order valence-corrected chi connectivity index (χ1v) is 10.8. The lowest BCUT2D eigenvalue weighted by atomic mass is 10.0. The topological polar surface area (TPSA) is 112 Å². The molecular formula is C22H22BrF3N4O4. The summed E-state index contributed by atoms with van der Waals surface area (Å²) in [5, 5.41) is 17.0. The number of alkyl halides is 3. The van der Waals surface area contributed by atoms with Gasteiger partial charge >= 0.3 is 6.18 Å². The molecule has 2 aromatic carbocycles. The molecule has 182 valence electrons. The van der Waals surface area contributed by atoms with E-state index in [0.717, 1.165) is 6.07 Å². The monoisotopic (exact) mass is 542 g/mol. The number of amides is 1. The van der Waals surface area contributed by atoms with Gasteiger partial charge in [-0.05, 0) is 66.2 Å². The van der Waals surface area contributed by atoms with Crippen LogP contribution >= 0.6 is 15.9 Å². The number of benzene rings is 2. The van der Waals surface area contributed by atoms with Gasteiger partial charge in [-0.2, -0.15) is 13.2 Å². The number of halogens is 4. The maximum absolute atomic E-state index is 13.8. The molecule has 0 saturated carbocycles. The fourth-order valence-corrected chi connectivity index (χ4v) is 3.81. The van der Waals surface area contributed by atoms with E-state index >= 15 is 0 Å². The van der Waals surface area contributed by atoms with E-state index in [1.165, 1.54) is 35.9 Å². The molecule has 0 radical (unpaired) electrons. The lowest BCUT2D eigenvalue weighted by Gasteiger charge is -2.26. The number of carbonyl (C=O) groups excluding carboxylic acids is 1. The van der Waals surface area contributed by atoms with Crippen LogP contribution in [0.5, 0.6) is 11.5 Å². The second kappa shape index (κ2) is 9.63. The third kappa shape index (κ3) is 5.33. The number of hydrogen-bond acceptors (Lipinski definition) is 6. The average molecular weight is 543 g/mol. The fraction of sp³-hybridized carbons (Fsp3) is 0.318. The largest absolute Gasteiger partial charge is 0.491 e. The molecule has 0 aliphatic rings. The first kappa shape index (κ1) is 25.5. The van der Waals surface area contributed by atoms with Gasteiger partial charge in [-0.15, -0.1) is 10.2 Å². The van der Waals surface area contributed by atoms with E-state index < -0.39 is 23.2 Å². The SMILES string of the molecule is Cn1c(-c2ccc(OCCO)cc2C(F)(F)F)nnc1C(C)(C)Oc1ccc(C(N)=O)cc1Br. The van der Waals surface area contributed by atoms with E-state index in [1.807, 2.05) is 0 Å². The summed E-state index contributed by atoms with van der Waals surface area (Å²) in [6.45, 7) is 2.91. The highest BCUT2D eigenvalue weighted by Gasteiger charge is 2.37. The van der Waals surface area contributed by atoms with Gasteiger partial charge in [0.1, 0.15) is 18.1 Å². The molecule has 3 rings (SSSR count). The van der Waals surface area contributed by atoms with Gasteiger partial charge in [-0.25, -0.2) is 0 Å². The van der Waals surface area contributed by atoms with Crippen LogP contribution in [0.4, 0.5) is 13.2 Å². The molecule has 12 heteroatoms. The molecule has 0 aliphatic carbocycles. The standard InChI is InChI=1S/C22H22BrF3N4O4/c1-21(2,34-17-7-4-12(18(27)32)10-16(17)23)20-29-28-19(30(20)3)14-6-5-13(33-9-8-31)11-15(14)22(24,25)26/h4-7,10-11,31H,8-9H2,1-3H3,(H2,27,32). The van der Waals surface area contributed by atoms with Crippen LogP contribution in [-0.2, 0) is 18.8 Å². The number of nitrogens with zero attached hydrogens (tertiary/aromatic N) is 3. The number of aliphatic hydroxyl groups excluding tert-OH is 1. The number of rotatable bonds is 8. The van der Waals surface area contributed by atoms with Gasteiger partial charge in [0.15, 0.2) is 17.2 Å². The Kier molecular flexibility index (Phi) is 7.22. The zero-order chi connectivity index (χ0) is 25.3. The molecule has 0 aliphatic heterocycles. The maximum Gasteiger partial charge on any atom is 0.417 e. The molecule has 0 saturated heterocycles. The van der Waals surface area contributed by atoms with Gasteiger partial charge in [0.05, 0.1) is 16.6 Å². The van der Waals surface area contributed by atoms with Gasteiger partial charge in [-0.1, -0.05) is 0 Å². The van der Waals surface area contributed by atoms with E-state index in [-0.39, 0.29) is 41.7 Å². The van der Waals surface area contributed by atoms with Crippen LogP contribution in [0.25, 0.3) is 11.4 Å². The van der Waals surface area contributed by atoms with E-state index in [9.17, 15) is 18.0 Å². The van der Waals surface area contributed by atoms with Crippen molar-refractivity contribution in [3.05, 3.63) is 57.8 Å². The number of aromatic nitrogens is 3. The summed E-state index contributed by atoms with van der Waals surface area (Å²) < 4.78 is 54.5. The van der Waals surface area contributed by atoms with Gasteiger partial charge < -0.3 is 24.9 Å². The zero-order valence-corrected chi connectivity index (χ0v) is 20.1. The maximum atomic E-state index is 13.8. The summed E-state index contributed by atoms with van der Waals surface area (Å²) in [5.74, 6) is -0.00276. The van der Waals surface area contributed by atoms with Crippen molar-refractivity contribution in [3.8, 4) is 22.9 Å². The van der Waals surface area contributed by atoms with Gasteiger partial charge in [0.25, 0.3) is 0 Å². The number of hydrogen-bond donors (Lipinski definition) is 2. The third-order valence-electron chi connectivity index (χ3n) is 4.89. The van der Waals surface area contributed by atoms with Crippen LogP contribution in [0.1, 0.15) is 35.6 Å². The summed E-state index contributed by atoms with van der Waals surface area (Å²) in [6.07, 6.45) is -4.68. The van der Waals surface area contributed by atoms with Crippen molar-refractivity contribution in [2.24, 2.45) is 12.8 Å². The molecule has 0 fully saturated rings. The van der Waals surface area contributed by atoms with Gasteiger partial charge in [0.2, 0.25) is 5.91 Å². The zero-order valence-electron chi connectivity index (χ0n) is 18.5. The lowest BCUT2D eigenvalue weighted by molar-refractivity contribution is -0.137. The number of primary amides is 1. The van der Waals surface area contributed by atoms with Crippen LogP contribution in [0.3, 0.4) is 0 Å². The molecule has 1 amide bonds. The van der Waals surface area contributed by atoms with Crippen molar-refractivity contribution < 1.29 is 32.5 Å². The Morgan fingerprint density at radius 2 is 1.88 bits per heavy atom. The van der Waals surface area contributed by atoms with Crippen molar-refractivity contribution in [2.75, 3.05) is 13.2 Å². The van der Waals surface area contributed by atoms with E-state index in [2.05, 4.69) is 26.1 Å². The molecule has 3 aromatic rings. The molecule has 0 atom stereocenters. The second-order valence-corrected chi connectivity index (χ2v) is 8.66. The molecule has 3 N–H and O–H groups in total. The molecule has 0 bridgehead atoms. The second-order valence-electron chi connectivity index (χ2n) is 7.81. The summed E-state index contributed by atoms with van der Waals surface area (Å²) in [4.78, 5) is 11.4. The smallest absolute Gasteiger partial charge is 0.417 e. The summed E-state index contributed by atoms with van der Waals surface area (Å²) in [7, 11) is 1.54. The highest BCUT2D eigenvalue weighted by atomic mass is 79.9. The normalized spacial score (nSPS) is 12.0. The van der Waals surface area contributed by atoms with Gasteiger partial charge in [0, 0.05) is 18.2 Å². The summed E-state index contributed by atoms with van der Waals surface area (Å²) in [5.41, 5.74) is 3.32. The first-order valence-electron chi connectivity index (χ1n) is 9.98. The molecule has 1 heterocycles. The van der Waals surface area contributed by atoms with Crippen molar-refractivity contribution in [2.45, 2.75) is 25.6 Å². The van der Waals surface area contributed by atoms with Crippen LogP contribution in [-0.4, -0.2) is 39.0 Å². The van der Waals surface area contributed by atoms with Crippen LogP contribution in [0.15, 0.2) is 40.9 Å². The molecule has 1 aromatic heterocycles. The summed E-state index contributed by atoms with van der Waals surface area (Å²) in [6, 6.07) is 8.03. The van der Waals surface area contributed by atoms with Crippen LogP contribution < -0.4 is 15.2 Å². The van der Waals surface area contributed by atoms with Crippen molar-refractivity contribution in [1.82, 2.24) is 14.8 Å². The minimum Gasteiger partial charge on any atom is -0.491 e. The Morgan fingerprint density at radius 3 is 2.47 bits per heavy atom. The quantitative estimate of drug-likeness (QED) is 0.444. The fourth-order valence-electron chi connectivity index (χ4n) is 3.35. The highest BCUT2D eigenvalue weighted by molar-refractivity contribution is 9.10. The molecular weight excluding hydrogens is 521 g/mol. The minimum atomic E-state index is -4.68. The van der Waals surface area contributed by atoms with E-state index in [0.29, 0.717) is 10.2 Å². The van der Waals surface area contributed by atoms with Crippen molar-refractivity contribution in [3.63, 3.8) is 0 Å². The number of aliphatic hydroxyl groups is 1. The van der Waals surface area contributed by atoms with Gasteiger partial charge in [-0.3, -0.25) is 4.79 Å². The minimum absolute atomic E-state index is 0.0177. The molecule has 0 spiro atoms. The number of ether oxygens (including phenoxy) is 2. The van der Waals surface area contributed by atoms with E-state index in [4.69, 9.17) is 20.3 Å². The van der Waals surface area contributed by atoms with E-state index in [1.54, 1.807) is 19.9 Å². The Bertz CT molecular complexity index is 1210. The Hall–Kier alpha value is -3.12. The predicted molar refractivity (Wildman–Crippen MR) is 120 cm³/mol. The Morgan fingerprint density at radius 1 is 1.18 bits per heavy atom. The lowest BCUT2D eigenvalue weighted by Crippen LogP contribution is -2.29. The predicted octanol–water partition coefficient (Wildman–Crippen LogP) is 4.05. The molecule has 0 unspecified atom stereocenters. The highest BCUT2D eigenvalue weighted by Crippen LogP contribution is 2.40. The van der Waals surface area contributed by atoms with Crippen LogP contribution in [0.2, 0.25) is 0 Å². The van der Waals surface area contributed by atoms with Crippen molar-refractivity contribution >= 4 is 21.8 Å². The molecule has 34 heavy (non-hydrogen) atoms. The third-order valence-corrected chi connectivity index (χ3v) is 5.51.